The van der Waals surface area contributed by atoms with Crippen molar-refractivity contribution in [2.45, 2.75) is 103 Å². The zero-order valence-electron chi connectivity index (χ0n) is 30.8. The number of cyclic esters (lactones) is 1. The van der Waals surface area contributed by atoms with E-state index < -0.39 is 65.1 Å². The van der Waals surface area contributed by atoms with E-state index in [0.717, 1.165) is 18.2 Å². The minimum absolute atomic E-state index is 0.0181. The fraction of sp³-hybridized carbons (Fsp3) is 0.486. The van der Waals surface area contributed by atoms with Crippen molar-refractivity contribution in [3.8, 4) is 11.4 Å². The molecule has 2 aliphatic heterocycles. The lowest BCUT2D eigenvalue weighted by atomic mass is 9.81. The number of methoxy groups -OCH3 is 1. The standard InChI is InChI=1S/C37H43FN6O10/c1-7-37(51)23-11-27-31-21(13-44(27)34(48)22(23)14-53-35(37)49)30-25(9-8-20-17(3)24(38)12-26(43-31)29(20)30)42-28(45)10-16(2)54-15-39-32(46)18(4)40-33(47)19(5)41-36(50)52-6/h11-12,16,18-19,25,51H,7-10,13-15H2,1-6H3,(H,39,46)(H,40,47)(H,41,50)(H,42,45)/t16-,18+,19+,25+,37+/m1/s1. The summed E-state index contributed by atoms with van der Waals surface area (Å²) in [6.45, 7) is 7.46. The van der Waals surface area contributed by atoms with Crippen LogP contribution in [-0.2, 0) is 58.6 Å². The lowest BCUT2D eigenvalue weighted by Gasteiger charge is -2.31. The number of pyridine rings is 2. The highest BCUT2D eigenvalue weighted by Gasteiger charge is 2.46. The van der Waals surface area contributed by atoms with Crippen LogP contribution in [0.25, 0.3) is 22.3 Å². The largest absolute Gasteiger partial charge is 0.458 e. The zero-order valence-corrected chi connectivity index (χ0v) is 30.8. The number of rotatable bonds is 11. The number of esters is 1. The maximum absolute atomic E-state index is 15.2. The average Bonchev–Trinajstić information content (AvgIpc) is 3.50. The molecule has 0 radical (unpaired) electrons. The Hall–Kier alpha value is -5.42. The Balaban J connectivity index is 1.19. The van der Waals surface area contributed by atoms with E-state index in [4.69, 9.17) is 14.5 Å². The zero-order chi connectivity index (χ0) is 39.2. The number of fused-ring (bicyclic) bond motifs is 5. The first-order valence-corrected chi connectivity index (χ1v) is 17.7. The summed E-state index contributed by atoms with van der Waals surface area (Å²) >= 11 is 0. The molecule has 0 fully saturated rings. The van der Waals surface area contributed by atoms with Crippen LogP contribution in [0.4, 0.5) is 9.18 Å². The number of carbonyl (C=O) groups is 5. The molecule has 5 N–H and O–H groups in total. The monoisotopic (exact) mass is 750 g/mol. The Morgan fingerprint density at radius 3 is 2.52 bits per heavy atom. The van der Waals surface area contributed by atoms with Gasteiger partial charge < -0.3 is 45.2 Å². The first-order valence-electron chi connectivity index (χ1n) is 17.7. The molecule has 2 aromatic heterocycles. The number of nitrogens with one attached hydrogen (secondary N) is 4. The third-order valence-corrected chi connectivity index (χ3v) is 10.5. The number of hydrogen-bond donors (Lipinski definition) is 5. The molecule has 0 saturated carbocycles. The van der Waals surface area contributed by atoms with Gasteiger partial charge in [-0.3, -0.25) is 19.2 Å². The Morgan fingerprint density at radius 1 is 1.09 bits per heavy atom. The van der Waals surface area contributed by atoms with E-state index >= 15 is 4.39 Å². The molecule has 54 heavy (non-hydrogen) atoms. The lowest BCUT2D eigenvalue weighted by Crippen LogP contribution is -2.52. The molecule has 17 heteroatoms. The number of ether oxygens (including phenoxy) is 3. The number of alkyl carbamates (subject to hydrolysis) is 1. The second-order valence-corrected chi connectivity index (χ2v) is 13.9. The lowest BCUT2D eigenvalue weighted by molar-refractivity contribution is -0.172. The van der Waals surface area contributed by atoms with Gasteiger partial charge in [-0.05, 0) is 69.7 Å². The van der Waals surface area contributed by atoms with Crippen molar-refractivity contribution in [2.24, 2.45) is 0 Å². The van der Waals surface area contributed by atoms with E-state index in [9.17, 15) is 33.9 Å². The number of hydrogen-bond acceptors (Lipinski definition) is 11. The predicted octanol–water partition coefficient (Wildman–Crippen LogP) is 1.75. The van der Waals surface area contributed by atoms with Gasteiger partial charge in [0, 0.05) is 22.6 Å². The van der Waals surface area contributed by atoms with Crippen molar-refractivity contribution in [3.05, 3.63) is 61.7 Å². The van der Waals surface area contributed by atoms with Gasteiger partial charge in [0.05, 0.1) is 54.7 Å². The molecule has 0 saturated heterocycles. The Kier molecular flexibility index (Phi) is 10.5. The average molecular weight is 751 g/mol. The summed E-state index contributed by atoms with van der Waals surface area (Å²) in [7, 11) is 1.16. The molecule has 1 aliphatic carbocycles. The molecule has 3 aromatic rings. The molecule has 0 bridgehead atoms. The van der Waals surface area contributed by atoms with Gasteiger partial charge >= 0.3 is 12.1 Å². The van der Waals surface area contributed by atoms with Crippen LogP contribution >= 0.6 is 0 Å². The fourth-order valence-corrected chi connectivity index (χ4v) is 7.39. The number of aliphatic hydroxyl groups is 1. The molecular weight excluding hydrogens is 707 g/mol. The van der Waals surface area contributed by atoms with Crippen molar-refractivity contribution in [3.63, 3.8) is 0 Å². The van der Waals surface area contributed by atoms with E-state index in [1.807, 2.05) is 0 Å². The first kappa shape index (κ1) is 38.3. The van der Waals surface area contributed by atoms with Crippen molar-refractivity contribution < 1.29 is 47.7 Å². The highest BCUT2D eigenvalue weighted by Crippen LogP contribution is 2.46. The first-order chi connectivity index (χ1) is 25.6. The SMILES string of the molecule is CC[C@@]1(O)C(=O)OCc2c1cc1n(c2=O)Cc2c-1nc1cc(F)c(C)c3c1c2[C@@H](NC(=O)C[C@@H](C)OCNC(=O)[C@H](C)NC(=O)[C@H](C)NC(=O)OC)CC3. The van der Waals surface area contributed by atoms with Crippen LogP contribution in [0.5, 0.6) is 0 Å². The van der Waals surface area contributed by atoms with Gasteiger partial charge in [0.2, 0.25) is 17.7 Å². The Bertz CT molecular complexity index is 2150. The van der Waals surface area contributed by atoms with Crippen LogP contribution < -0.4 is 26.8 Å². The topological polar surface area (TPSA) is 216 Å². The van der Waals surface area contributed by atoms with E-state index in [2.05, 4.69) is 26.0 Å². The normalized spacial score (nSPS) is 19.7. The van der Waals surface area contributed by atoms with Crippen molar-refractivity contribution in [1.29, 1.82) is 0 Å². The van der Waals surface area contributed by atoms with Gasteiger partial charge in [-0.15, -0.1) is 0 Å². The second kappa shape index (κ2) is 14.8. The van der Waals surface area contributed by atoms with Crippen LogP contribution in [0.1, 0.15) is 86.4 Å². The molecule has 0 spiro atoms. The number of aryl methyl sites for hydroxylation is 1. The summed E-state index contributed by atoms with van der Waals surface area (Å²) in [6, 6.07) is 0.515. The van der Waals surface area contributed by atoms with Crippen LogP contribution in [0, 0.1) is 12.7 Å². The molecule has 3 aliphatic rings. The minimum Gasteiger partial charge on any atom is -0.458 e. The van der Waals surface area contributed by atoms with Crippen LogP contribution in [0.2, 0.25) is 0 Å². The van der Waals surface area contributed by atoms with Crippen LogP contribution in [0.15, 0.2) is 16.9 Å². The van der Waals surface area contributed by atoms with E-state index in [0.29, 0.717) is 46.3 Å². The third-order valence-electron chi connectivity index (χ3n) is 10.5. The summed E-state index contributed by atoms with van der Waals surface area (Å²) < 4.78 is 32.1. The van der Waals surface area contributed by atoms with Gasteiger partial charge in [0.25, 0.3) is 5.56 Å². The van der Waals surface area contributed by atoms with Gasteiger partial charge in [0.1, 0.15) is 31.2 Å². The molecule has 4 heterocycles. The second-order valence-electron chi connectivity index (χ2n) is 13.9. The molecule has 288 valence electrons. The van der Waals surface area contributed by atoms with Crippen LogP contribution in [0.3, 0.4) is 0 Å². The maximum Gasteiger partial charge on any atom is 0.407 e. The number of benzene rings is 1. The van der Waals surface area contributed by atoms with Crippen molar-refractivity contribution in [1.82, 2.24) is 30.8 Å². The highest BCUT2D eigenvalue weighted by atomic mass is 19.1. The molecule has 16 nitrogen and oxygen atoms in total. The predicted molar refractivity (Wildman–Crippen MR) is 189 cm³/mol. The molecule has 6 rings (SSSR count). The number of halogens is 1. The summed E-state index contributed by atoms with van der Waals surface area (Å²) in [6.07, 6.45) is -0.608. The quantitative estimate of drug-likeness (QED) is 0.110. The van der Waals surface area contributed by atoms with Gasteiger partial charge in [-0.2, -0.15) is 0 Å². The Labute approximate surface area is 309 Å². The van der Waals surface area contributed by atoms with E-state index in [1.165, 1.54) is 24.5 Å². The molecule has 5 atom stereocenters. The minimum atomic E-state index is -2.01. The van der Waals surface area contributed by atoms with Crippen molar-refractivity contribution >= 4 is 40.7 Å². The molecular formula is C37H43FN6O10. The number of amides is 4. The number of carbonyl (C=O) groups excluding carboxylic acids is 5. The van der Waals surface area contributed by atoms with Gasteiger partial charge in [-0.25, -0.2) is 19.0 Å². The van der Waals surface area contributed by atoms with Crippen molar-refractivity contribution in [2.75, 3.05) is 13.8 Å². The number of nitrogens with zero attached hydrogens (tertiary/aromatic N) is 2. The summed E-state index contributed by atoms with van der Waals surface area (Å²) in [5.41, 5.74) is 1.67. The fourth-order valence-electron chi connectivity index (χ4n) is 7.39. The summed E-state index contributed by atoms with van der Waals surface area (Å²) in [5.74, 6) is -2.76. The Morgan fingerprint density at radius 2 is 1.81 bits per heavy atom. The molecule has 1 aromatic carbocycles. The highest BCUT2D eigenvalue weighted by molar-refractivity contribution is 5.94. The van der Waals surface area contributed by atoms with E-state index in [1.54, 1.807) is 26.8 Å². The molecule has 0 unspecified atom stereocenters. The van der Waals surface area contributed by atoms with E-state index in [-0.39, 0.29) is 49.8 Å². The third kappa shape index (κ3) is 6.77. The van der Waals surface area contributed by atoms with Gasteiger partial charge in [0.15, 0.2) is 5.60 Å². The maximum atomic E-state index is 15.2. The van der Waals surface area contributed by atoms with Crippen LogP contribution in [-0.4, -0.2) is 76.5 Å². The summed E-state index contributed by atoms with van der Waals surface area (Å²) in [5, 5.41) is 22.4. The molecule has 4 amide bonds. The number of aromatic nitrogens is 2. The summed E-state index contributed by atoms with van der Waals surface area (Å²) in [4.78, 5) is 81.0. The smallest absolute Gasteiger partial charge is 0.407 e. The van der Waals surface area contributed by atoms with Gasteiger partial charge in [-0.1, -0.05) is 6.92 Å².